The summed E-state index contributed by atoms with van der Waals surface area (Å²) >= 11 is 0. The van der Waals surface area contributed by atoms with Crippen molar-refractivity contribution in [3.8, 4) is 22.6 Å². The van der Waals surface area contributed by atoms with E-state index < -0.39 is 0 Å². The van der Waals surface area contributed by atoms with Gasteiger partial charge in [0, 0.05) is 11.1 Å². The Kier molecular flexibility index (Phi) is 5.79. The first-order valence-corrected chi connectivity index (χ1v) is 11.4. The summed E-state index contributed by atoms with van der Waals surface area (Å²) in [5.74, 6) is 2.25. The van der Waals surface area contributed by atoms with Crippen LogP contribution in [0, 0.1) is 6.92 Å². The van der Waals surface area contributed by atoms with Crippen LogP contribution < -0.4 is 5.11 Å². The number of carbonyl (C=O) groups excluding carboxylic acids is 1. The van der Waals surface area contributed by atoms with E-state index >= 15 is 0 Å². The lowest BCUT2D eigenvalue weighted by molar-refractivity contribution is -0.300. The van der Waals surface area contributed by atoms with Gasteiger partial charge in [-0.15, -0.1) is 0 Å². The molecule has 0 saturated carbocycles. The Bertz CT molecular complexity index is 1480. The Hall–Kier alpha value is -4.44. The van der Waals surface area contributed by atoms with E-state index in [2.05, 4.69) is 0 Å². The number of ketones is 1. The van der Waals surface area contributed by atoms with Gasteiger partial charge in [-0.1, -0.05) is 42.2 Å². The van der Waals surface area contributed by atoms with Crippen molar-refractivity contribution in [1.82, 2.24) is 0 Å². The standard InChI is InChI=1S/C31H24O4/c1-19-9-7-8-12-25(19)29-18-23(17-28(35-29)24-10-5-4-6-11-24)16-27-30(32)26(31(27)33)15-22-13-20(2)34-21(3)14-22/h4-18H,1-3H3. The Balaban J connectivity index is 1.58. The van der Waals surface area contributed by atoms with Crippen LogP contribution in [-0.2, 0) is 9.53 Å². The molecule has 4 heteroatoms. The van der Waals surface area contributed by atoms with Crippen LogP contribution >= 0.6 is 0 Å². The van der Waals surface area contributed by atoms with Crippen molar-refractivity contribution in [2.45, 2.75) is 20.8 Å². The molecule has 5 rings (SSSR count). The van der Waals surface area contributed by atoms with Gasteiger partial charge < -0.3 is 9.84 Å². The molecule has 0 spiro atoms. The SMILES string of the molecule is CC1=CC(=CC2=C([O-])C(=Cc3cc(-c4ccccc4)[o+]c(-c4ccccc4C)c3)C2=O)C=C(C)O1. The predicted molar refractivity (Wildman–Crippen MR) is 135 cm³/mol. The molecule has 0 atom stereocenters. The lowest BCUT2D eigenvalue weighted by Gasteiger charge is -2.29. The molecule has 1 aliphatic heterocycles. The third kappa shape index (κ3) is 4.51. The van der Waals surface area contributed by atoms with Gasteiger partial charge in [0.25, 0.3) is 0 Å². The van der Waals surface area contributed by atoms with Crippen molar-refractivity contribution < 1.29 is 19.1 Å². The summed E-state index contributed by atoms with van der Waals surface area (Å²) < 4.78 is 11.8. The van der Waals surface area contributed by atoms with Crippen LogP contribution in [0.3, 0.4) is 0 Å². The number of allylic oxidation sites excluding steroid dienone is 8. The summed E-state index contributed by atoms with van der Waals surface area (Å²) in [6, 6.07) is 21.5. The molecule has 0 radical (unpaired) electrons. The number of hydrogen-bond donors (Lipinski definition) is 0. The lowest BCUT2D eigenvalue weighted by Crippen LogP contribution is -2.29. The Morgan fingerprint density at radius 2 is 1.49 bits per heavy atom. The molecule has 0 saturated heterocycles. The maximum atomic E-state index is 12.9. The fraction of sp³-hybridized carbons (Fsp3) is 0.0968. The minimum Gasteiger partial charge on any atom is -0.871 e. The molecule has 1 aliphatic carbocycles. The lowest BCUT2D eigenvalue weighted by atomic mass is 9.85. The smallest absolute Gasteiger partial charge is 0.361 e. The van der Waals surface area contributed by atoms with E-state index in [1.807, 2.05) is 99.7 Å². The van der Waals surface area contributed by atoms with Crippen molar-refractivity contribution in [3.63, 3.8) is 0 Å². The predicted octanol–water partition coefficient (Wildman–Crippen LogP) is 6.55. The normalized spacial score (nSPS) is 16.5. The molecule has 35 heavy (non-hydrogen) atoms. The van der Waals surface area contributed by atoms with E-state index in [0.29, 0.717) is 11.5 Å². The van der Waals surface area contributed by atoms with Crippen LogP contribution in [0.5, 0.6) is 0 Å². The monoisotopic (exact) mass is 460 g/mol. The second kappa shape index (κ2) is 9.07. The highest BCUT2D eigenvalue weighted by molar-refractivity contribution is 6.23. The summed E-state index contributed by atoms with van der Waals surface area (Å²) in [6.45, 7) is 5.69. The van der Waals surface area contributed by atoms with Crippen molar-refractivity contribution in [3.05, 3.63) is 130 Å². The highest BCUT2D eigenvalue weighted by Crippen LogP contribution is 2.34. The first-order valence-electron chi connectivity index (χ1n) is 11.4. The van der Waals surface area contributed by atoms with Gasteiger partial charge in [-0.3, -0.25) is 4.79 Å². The molecule has 0 fully saturated rings. The molecule has 4 nitrogen and oxygen atoms in total. The van der Waals surface area contributed by atoms with Gasteiger partial charge >= 0.3 is 11.5 Å². The van der Waals surface area contributed by atoms with Crippen molar-refractivity contribution in [1.29, 1.82) is 0 Å². The average molecular weight is 461 g/mol. The number of Topliss-reactive ketones (excluding diaryl/α,β-unsaturated/α-hetero) is 1. The molecule has 2 aliphatic rings. The van der Waals surface area contributed by atoms with E-state index in [1.165, 1.54) is 0 Å². The van der Waals surface area contributed by atoms with Crippen LogP contribution in [0.1, 0.15) is 25.0 Å². The Morgan fingerprint density at radius 3 is 2.17 bits per heavy atom. The fourth-order valence-corrected chi connectivity index (χ4v) is 4.27. The van der Waals surface area contributed by atoms with Crippen LogP contribution in [0.2, 0.25) is 0 Å². The van der Waals surface area contributed by atoms with Gasteiger partial charge in [0.2, 0.25) is 0 Å². The fourth-order valence-electron chi connectivity index (χ4n) is 4.27. The topological polar surface area (TPSA) is 60.7 Å². The molecule has 172 valence electrons. The molecule has 0 amide bonds. The zero-order valence-corrected chi connectivity index (χ0v) is 19.8. The number of carbonyl (C=O) groups is 1. The van der Waals surface area contributed by atoms with Crippen molar-refractivity contribution in [2.24, 2.45) is 0 Å². The summed E-state index contributed by atoms with van der Waals surface area (Å²) in [5, 5.41) is 12.9. The van der Waals surface area contributed by atoms with E-state index in [1.54, 1.807) is 12.2 Å². The van der Waals surface area contributed by atoms with Gasteiger partial charge in [-0.2, -0.15) is 0 Å². The molecule has 0 unspecified atom stereocenters. The summed E-state index contributed by atoms with van der Waals surface area (Å²) in [4.78, 5) is 12.9. The number of benzene rings is 2. The van der Waals surface area contributed by atoms with Gasteiger partial charge in [-0.25, -0.2) is 4.42 Å². The largest absolute Gasteiger partial charge is 0.871 e. The van der Waals surface area contributed by atoms with E-state index in [4.69, 9.17) is 9.15 Å². The molecular formula is C31H24O4. The van der Waals surface area contributed by atoms with Crippen molar-refractivity contribution >= 4 is 11.9 Å². The first-order chi connectivity index (χ1) is 16.9. The quantitative estimate of drug-likeness (QED) is 0.327. The van der Waals surface area contributed by atoms with E-state index in [9.17, 15) is 9.90 Å². The number of ether oxygens (including phenoxy) is 1. The van der Waals surface area contributed by atoms with Crippen LogP contribution in [0.15, 0.2) is 123 Å². The molecule has 2 heterocycles. The molecule has 3 aromatic rings. The molecule has 0 bridgehead atoms. The van der Waals surface area contributed by atoms with Gasteiger partial charge in [0.15, 0.2) is 5.78 Å². The summed E-state index contributed by atoms with van der Waals surface area (Å²) in [6.07, 6.45) is 6.90. The molecular weight excluding hydrogens is 436 g/mol. The minimum absolute atomic E-state index is 0.172. The summed E-state index contributed by atoms with van der Waals surface area (Å²) in [5.41, 5.74) is 4.80. The zero-order valence-electron chi connectivity index (χ0n) is 19.8. The van der Waals surface area contributed by atoms with Crippen LogP contribution in [-0.4, -0.2) is 5.78 Å². The maximum Gasteiger partial charge on any atom is 0.361 e. The number of hydrogen-bond acceptors (Lipinski definition) is 3. The maximum absolute atomic E-state index is 12.9. The van der Waals surface area contributed by atoms with Crippen LogP contribution in [0.4, 0.5) is 0 Å². The average Bonchev–Trinajstić information content (AvgIpc) is 2.86. The highest BCUT2D eigenvalue weighted by Gasteiger charge is 2.27. The van der Waals surface area contributed by atoms with E-state index in [-0.39, 0.29) is 22.7 Å². The Labute approximate surface area is 204 Å². The third-order valence-corrected chi connectivity index (χ3v) is 5.95. The minimum atomic E-state index is -0.259. The summed E-state index contributed by atoms with van der Waals surface area (Å²) in [7, 11) is 0. The van der Waals surface area contributed by atoms with Crippen LogP contribution in [0.25, 0.3) is 28.7 Å². The highest BCUT2D eigenvalue weighted by atomic mass is 16.5. The third-order valence-electron chi connectivity index (χ3n) is 5.95. The zero-order chi connectivity index (χ0) is 24.5. The van der Waals surface area contributed by atoms with Gasteiger partial charge in [0.05, 0.1) is 23.3 Å². The molecule has 0 N–H and O–H groups in total. The Morgan fingerprint density at radius 1 is 0.829 bits per heavy atom. The second-order valence-electron chi connectivity index (χ2n) is 8.69. The number of rotatable bonds is 4. The number of aryl methyl sites for hydroxylation is 1. The van der Waals surface area contributed by atoms with Gasteiger partial charge in [0.1, 0.15) is 11.5 Å². The molecule has 2 aromatic carbocycles. The van der Waals surface area contributed by atoms with E-state index in [0.717, 1.165) is 39.3 Å². The molecule has 1 aromatic heterocycles. The second-order valence-corrected chi connectivity index (χ2v) is 8.69. The first kappa shape index (κ1) is 22.4. The van der Waals surface area contributed by atoms with Crippen molar-refractivity contribution in [2.75, 3.05) is 0 Å². The van der Waals surface area contributed by atoms with Gasteiger partial charge in [-0.05, 0) is 80.0 Å².